The zero-order valence-corrected chi connectivity index (χ0v) is 19.7. The highest BCUT2D eigenvalue weighted by molar-refractivity contribution is 5.76. The maximum atomic E-state index is 13.2. The molecule has 4 heterocycles. The van der Waals surface area contributed by atoms with Gasteiger partial charge in [-0.05, 0) is 95.5 Å². The van der Waals surface area contributed by atoms with E-state index in [0.29, 0.717) is 25.4 Å². The van der Waals surface area contributed by atoms with Crippen LogP contribution in [0.4, 0.5) is 0 Å². The van der Waals surface area contributed by atoms with Crippen molar-refractivity contribution in [1.29, 1.82) is 0 Å². The van der Waals surface area contributed by atoms with Gasteiger partial charge in [0.15, 0.2) is 0 Å². The molecule has 2 fully saturated rings. The number of pyridine rings is 1. The van der Waals surface area contributed by atoms with Crippen LogP contribution in [-0.2, 0) is 17.9 Å². The summed E-state index contributed by atoms with van der Waals surface area (Å²) < 4.78 is 1.92. The van der Waals surface area contributed by atoms with E-state index in [4.69, 9.17) is 0 Å². The molecule has 0 bridgehead atoms. The molecule has 2 aromatic rings. The molecule has 0 aliphatic carbocycles. The lowest BCUT2D eigenvalue weighted by Gasteiger charge is -2.42. The third-order valence-electron chi connectivity index (χ3n) is 7.27. The second kappa shape index (κ2) is 11.1. The van der Waals surface area contributed by atoms with Gasteiger partial charge in [0.1, 0.15) is 0 Å². The highest BCUT2D eigenvalue weighted by Gasteiger charge is 2.29. The molecular formula is C25H38N6O. The first-order valence-electron chi connectivity index (χ1n) is 12.2. The number of aromatic nitrogens is 3. The van der Waals surface area contributed by atoms with Gasteiger partial charge in [0.2, 0.25) is 5.91 Å². The molecule has 7 heteroatoms. The first kappa shape index (κ1) is 22.9. The summed E-state index contributed by atoms with van der Waals surface area (Å²) in [4.78, 5) is 24.6. The molecule has 0 aromatic carbocycles. The van der Waals surface area contributed by atoms with E-state index >= 15 is 0 Å². The summed E-state index contributed by atoms with van der Waals surface area (Å²) >= 11 is 0. The summed E-state index contributed by atoms with van der Waals surface area (Å²) in [7, 11) is 2.23. The maximum absolute atomic E-state index is 13.2. The van der Waals surface area contributed by atoms with E-state index in [-0.39, 0.29) is 5.91 Å². The lowest BCUT2D eigenvalue weighted by Crippen LogP contribution is -2.48. The fourth-order valence-electron chi connectivity index (χ4n) is 5.13. The summed E-state index contributed by atoms with van der Waals surface area (Å²) in [6.45, 7) is 8.95. The smallest absolute Gasteiger partial charge is 0.224 e. The predicted molar refractivity (Wildman–Crippen MR) is 126 cm³/mol. The number of carbonyl (C=O) groups excluding carboxylic acids is 1. The van der Waals surface area contributed by atoms with Gasteiger partial charge in [-0.25, -0.2) is 0 Å². The molecule has 0 radical (unpaired) electrons. The molecule has 0 spiro atoms. The van der Waals surface area contributed by atoms with Crippen LogP contribution in [0, 0.1) is 12.8 Å². The average Bonchev–Trinajstić information content (AvgIpc) is 3.23. The highest BCUT2D eigenvalue weighted by Crippen LogP contribution is 2.25. The molecule has 2 aliphatic heterocycles. The third-order valence-corrected chi connectivity index (χ3v) is 7.27. The van der Waals surface area contributed by atoms with Crippen LogP contribution in [0.15, 0.2) is 36.8 Å². The van der Waals surface area contributed by atoms with E-state index in [0.717, 1.165) is 23.8 Å². The SMILES string of the molecule is Cc1ccnn1CCC(=O)N(Cc1ccncc1)CC1CCN(C2CCN(C)CC2)CC1. The molecule has 0 N–H and O–H groups in total. The monoisotopic (exact) mass is 438 g/mol. The number of piperidine rings is 2. The van der Waals surface area contributed by atoms with Crippen molar-refractivity contribution in [2.24, 2.45) is 5.92 Å². The number of nitrogens with zero attached hydrogens (tertiary/aromatic N) is 6. The van der Waals surface area contributed by atoms with Crippen molar-refractivity contribution in [2.75, 3.05) is 39.8 Å². The van der Waals surface area contributed by atoms with Crippen molar-refractivity contribution < 1.29 is 4.79 Å². The molecule has 7 nitrogen and oxygen atoms in total. The van der Waals surface area contributed by atoms with E-state index in [2.05, 4.69) is 31.8 Å². The zero-order valence-electron chi connectivity index (χ0n) is 19.7. The Morgan fingerprint density at radius 3 is 2.41 bits per heavy atom. The fourth-order valence-corrected chi connectivity index (χ4v) is 5.13. The first-order valence-corrected chi connectivity index (χ1v) is 12.2. The lowest BCUT2D eigenvalue weighted by atomic mass is 9.93. The lowest BCUT2D eigenvalue weighted by molar-refractivity contribution is -0.133. The molecule has 2 aromatic heterocycles. The minimum Gasteiger partial charge on any atom is -0.338 e. The van der Waals surface area contributed by atoms with E-state index in [9.17, 15) is 4.79 Å². The number of amides is 1. The Balaban J connectivity index is 1.32. The van der Waals surface area contributed by atoms with Gasteiger partial charge in [0, 0.05) is 56.4 Å². The third kappa shape index (κ3) is 6.17. The normalized spacial score (nSPS) is 19.3. The van der Waals surface area contributed by atoms with Crippen LogP contribution in [0.2, 0.25) is 0 Å². The summed E-state index contributed by atoms with van der Waals surface area (Å²) in [6.07, 6.45) is 10.9. The number of hydrogen-bond acceptors (Lipinski definition) is 5. The summed E-state index contributed by atoms with van der Waals surface area (Å²) in [5.74, 6) is 0.796. The van der Waals surface area contributed by atoms with Gasteiger partial charge in [0.05, 0.1) is 0 Å². The fraction of sp³-hybridized carbons (Fsp3) is 0.640. The number of likely N-dealkylation sites (tertiary alicyclic amines) is 2. The van der Waals surface area contributed by atoms with E-state index in [1.54, 1.807) is 6.20 Å². The van der Waals surface area contributed by atoms with Crippen molar-refractivity contribution in [3.63, 3.8) is 0 Å². The Bertz CT molecular complexity index is 837. The van der Waals surface area contributed by atoms with Crippen molar-refractivity contribution in [3.05, 3.63) is 48.0 Å². The molecule has 0 atom stereocenters. The van der Waals surface area contributed by atoms with E-state index in [1.807, 2.05) is 42.2 Å². The molecule has 2 aliphatic rings. The summed E-state index contributed by atoms with van der Waals surface area (Å²) in [5, 5.41) is 4.33. The molecular weight excluding hydrogens is 400 g/mol. The minimum atomic E-state index is 0.217. The Hall–Kier alpha value is -2.25. The van der Waals surface area contributed by atoms with Gasteiger partial charge in [-0.2, -0.15) is 5.10 Å². The molecule has 174 valence electrons. The molecule has 0 unspecified atom stereocenters. The minimum absolute atomic E-state index is 0.217. The van der Waals surface area contributed by atoms with Gasteiger partial charge in [0.25, 0.3) is 0 Å². The van der Waals surface area contributed by atoms with Gasteiger partial charge >= 0.3 is 0 Å². The standard InChI is InChI=1S/C25H38N6O/c1-21-3-13-27-31(21)18-10-25(32)30(19-22-4-11-26-12-5-22)20-23-6-16-29(17-7-23)24-8-14-28(2)15-9-24/h3-5,11-13,23-24H,6-10,14-20H2,1-2H3. The Labute approximate surface area is 192 Å². The zero-order chi connectivity index (χ0) is 22.3. The number of aryl methyl sites for hydroxylation is 2. The van der Waals surface area contributed by atoms with Crippen molar-refractivity contribution >= 4 is 5.91 Å². The quantitative estimate of drug-likeness (QED) is 0.634. The van der Waals surface area contributed by atoms with Crippen molar-refractivity contribution in [3.8, 4) is 0 Å². The van der Waals surface area contributed by atoms with Gasteiger partial charge in [-0.3, -0.25) is 14.5 Å². The van der Waals surface area contributed by atoms with Crippen LogP contribution in [-0.4, -0.2) is 81.2 Å². The van der Waals surface area contributed by atoms with Crippen LogP contribution < -0.4 is 0 Å². The van der Waals surface area contributed by atoms with Crippen LogP contribution >= 0.6 is 0 Å². The highest BCUT2D eigenvalue weighted by atomic mass is 16.2. The number of hydrogen-bond donors (Lipinski definition) is 0. The second-order valence-corrected chi connectivity index (χ2v) is 9.59. The summed E-state index contributed by atoms with van der Waals surface area (Å²) in [6, 6.07) is 6.76. The van der Waals surface area contributed by atoms with Gasteiger partial charge in [-0.1, -0.05) is 0 Å². The Kier molecular flexibility index (Phi) is 7.92. The molecule has 2 saturated heterocycles. The van der Waals surface area contributed by atoms with E-state index < -0.39 is 0 Å². The largest absolute Gasteiger partial charge is 0.338 e. The van der Waals surface area contributed by atoms with Crippen LogP contribution in [0.1, 0.15) is 43.4 Å². The average molecular weight is 439 g/mol. The Morgan fingerprint density at radius 2 is 1.75 bits per heavy atom. The topological polar surface area (TPSA) is 57.5 Å². The molecule has 0 saturated carbocycles. The van der Waals surface area contributed by atoms with E-state index in [1.165, 1.54) is 51.9 Å². The van der Waals surface area contributed by atoms with Crippen molar-refractivity contribution in [2.45, 2.75) is 58.2 Å². The molecule has 32 heavy (non-hydrogen) atoms. The second-order valence-electron chi connectivity index (χ2n) is 9.59. The van der Waals surface area contributed by atoms with Crippen LogP contribution in [0.25, 0.3) is 0 Å². The summed E-state index contributed by atoms with van der Waals surface area (Å²) in [5.41, 5.74) is 2.24. The molecule has 1 amide bonds. The predicted octanol–water partition coefficient (Wildman–Crippen LogP) is 2.81. The Morgan fingerprint density at radius 1 is 1.03 bits per heavy atom. The van der Waals surface area contributed by atoms with Gasteiger partial charge in [-0.15, -0.1) is 0 Å². The van der Waals surface area contributed by atoms with Crippen LogP contribution in [0.5, 0.6) is 0 Å². The maximum Gasteiger partial charge on any atom is 0.224 e. The van der Waals surface area contributed by atoms with Gasteiger partial charge < -0.3 is 14.7 Å². The first-order chi connectivity index (χ1) is 15.6. The van der Waals surface area contributed by atoms with Crippen LogP contribution in [0.3, 0.4) is 0 Å². The number of rotatable bonds is 8. The number of carbonyl (C=O) groups is 1. The van der Waals surface area contributed by atoms with Crippen molar-refractivity contribution in [1.82, 2.24) is 29.5 Å². The molecule has 4 rings (SSSR count).